The highest BCUT2D eigenvalue weighted by Crippen LogP contribution is 2.16. The Morgan fingerprint density at radius 3 is 2.69 bits per heavy atom. The van der Waals surface area contributed by atoms with Gasteiger partial charge in [-0.1, -0.05) is 19.1 Å². The van der Waals surface area contributed by atoms with E-state index in [1.165, 1.54) is 0 Å². The molecule has 0 aliphatic heterocycles. The van der Waals surface area contributed by atoms with Gasteiger partial charge in [0.25, 0.3) is 0 Å². The molecule has 0 spiro atoms. The molecule has 1 unspecified atom stereocenters. The molecule has 3 heteroatoms. The zero-order valence-corrected chi connectivity index (χ0v) is 10.4. The van der Waals surface area contributed by atoms with Crippen molar-refractivity contribution in [1.82, 2.24) is 5.32 Å². The third-order valence-corrected chi connectivity index (χ3v) is 2.63. The maximum absolute atomic E-state index is 11.6. The molecule has 1 atom stereocenters. The van der Waals surface area contributed by atoms with Gasteiger partial charge in [-0.25, -0.2) is 4.79 Å². The van der Waals surface area contributed by atoms with Crippen LogP contribution in [0.1, 0.15) is 31.4 Å². The molecule has 0 saturated heterocycles. The molecule has 0 heterocycles. The fourth-order valence-electron chi connectivity index (χ4n) is 1.35. The van der Waals surface area contributed by atoms with E-state index in [0.717, 1.165) is 23.2 Å². The Morgan fingerprint density at radius 1 is 1.38 bits per heavy atom. The fraction of sp³-hybridized carbons (Fsp3) is 0.462. The molecule has 0 bridgehead atoms. The van der Waals surface area contributed by atoms with Crippen LogP contribution in [0.5, 0.6) is 0 Å². The van der Waals surface area contributed by atoms with Gasteiger partial charge < -0.3 is 10.6 Å². The lowest BCUT2D eigenvalue weighted by Gasteiger charge is -2.14. The van der Waals surface area contributed by atoms with E-state index >= 15 is 0 Å². The third-order valence-electron chi connectivity index (χ3n) is 2.63. The van der Waals surface area contributed by atoms with E-state index in [-0.39, 0.29) is 12.1 Å². The standard InChI is InChI=1S/C13H20N2O/c1-5-11(4)14-13(16)15-12-8-9(2)6-7-10(12)3/h6-8,11H,5H2,1-4H3,(H2,14,15,16). The lowest BCUT2D eigenvalue weighted by molar-refractivity contribution is 0.249. The molecule has 0 aliphatic rings. The summed E-state index contributed by atoms with van der Waals surface area (Å²) in [6.07, 6.45) is 0.931. The number of carbonyl (C=O) groups is 1. The van der Waals surface area contributed by atoms with Crippen LogP contribution < -0.4 is 10.6 Å². The van der Waals surface area contributed by atoms with E-state index in [9.17, 15) is 4.79 Å². The first-order valence-corrected chi connectivity index (χ1v) is 5.67. The number of hydrogen-bond acceptors (Lipinski definition) is 1. The fourth-order valence-corrected chi connectivity index (χ4v) is 1.35. The Morgan fingerprint density at radius 2 is 2.06 bits per heavy atom. The quantitative estimate of drug-likeness (QED) is 0.806. The van der Waals surface area contributed by atoms with Crippen molar-refractivity contribution in [3.63, 3.8) is 0 Å². The van der Waals surface area contributed by atoms with Gasteiger partial charge in [-0.15, -0.1) is 0 Å². The first kappa shape index (κ1) is 12.6. The Kier molecular flexibility index (Phi) is 4.35. The molecule has 0 aromatic heterocycles. The van der Waals surface area contributed by atoms with Crippen molar-refractivity contribution in [1.29, 1.82) is 0 Å². The van der Waals surface area contributed by atoms with Crippen molar-refractivity contribution < 1.29 is 4.79 Å². The van der Waals surface area contributed by atoms with Crippen molar-refractivity contribution in [3.05, 3.63) is 29.3 Å². The molecular weight excluding hydrogens is 200 g/mol. The predicted molar refractivity (Wildman–Crippen MR) is 67.8 cm³/mol. The average molecular weight is 220 g/mol. The van der Waals surface area contributed by atoms with Crippen LogP contribution >= 0.6 is 0 Å². The summed E-state index contributed by atoms with van der Waals surface area (Å²) in [6, 6.07) is 6.08. The van der Waals surface area contributed by atoms with Crippen LogP contribution in [-0.2, 0) is 0 Å². The highest BCUT2D eigenvalue weighted by Gasteiger charge is 2.06. The zero-order chi connectivity index (χ0) is 12.1. The Labute approximate surface area is 97.2 Å². The van der Waals surface area contributed by atoms with Gasteiger partial charge in [-0.2, -0.15) is 0 Å². The number of anilines is 1. The van der Waals surface area contributed by atoms with Crippen LogP contribution in [0.25, 0.3) is 0 Å². The van der Waals surface area contributed by atoms with Crippen LogP contribution in [-0.4, -0.2) is 12.1 Å². The van der Waals surface area contributed by atoms with Gasteiger partial charge in [0, 0.05) is 11.7 Å². The van der Waals surface area contributed by atoms with Crippen LogP contribution in [0.4, 0.5) is 10.5 Å². The highest BCUT2D eigenvalue weighted by molar-refractivity contribution is 5.90. The van der Waals surface area contributed by atoms with Gasteiger partial charge in [0.1, 0.15) is 0 Å². The molecule has 0 aliphatic carbocycles. The van der Waals surface area contributed by atoms with Gasteiger partial charge in [0.05, 0.1) is 0 Å². The van der Waals surface area contributed by atoms with Crippen LogP contribution in [0.3, 0.4) is 0 Å². The minimum Gasteiger partial charge on any atom is -0.335 e. The smallest absolute Gasteiger partial charge is 0.319 e. The van der Waals surface area contributed by atoms with Gasteiger partial charge >= 0.3 is 6.03 Å². The lowest BCUT2D eigenvalue weighted by Crippen LogP contribution is -2.35. The van der Waals surface area contributed by atoms with E-state index in [4.69, 9.17) is 0 Å². The summed E-state index contributed by atoms with van der Waals surface area (Å²) >= 11 is 0. The highest BCUT2D eigenvalue weighted by atomic mass is 16.2. The van der Waals surface area contributed by atoms with Crippen molar-refractivity contribution >= 4 is 11.7 Å². The summed E-state index contributed by atoms with van der Waals surface area (Å²) in [5.74, 6) is 0. The number of hydrogen-bond donors (Lipinski definition) is 2. The van der Waals surface area contributed by atoms with E-state index in [1.807, 2.05) is 45.9 Å². The summed E-state index contributed by atoms with van der Waals surface area (Å²) in [7, 11) is 0. The normalized spacial score (nSPS) is 12.0. The van der Waals surface area contributed by atoms with Gasteiger partial charge in [0.2, 0.25) is 0 Å². The molecule has 1 rings (SSSR count). The van der Waals surface area contributed by atoms with Crippen LogP contribution in [0.15, 0.2) is 18.2 Å². The SMILES string of the molecule is CCC(C)NC(=O)Nc1cc(C)ccc1C. The summed E-state index contributed by atoms with van der Waals surface area (Å²) in [5, 5.41) is 5.74. The van der Waals surface area contributed by atoms with Crippen LogP contribution in [0.2, 0.25) is 0 Å². The molecular formula is C13H20N2O. The number of amides is 2. The van der Waals surface area contributed by atoms with E-state index < -0.39 is 0 Å². The van der Waals surface area contributed by atoms with E-state index in [2.05, 4.69) is 10.6 Å². The van der Waals surface area contributed by atoms with Crippen LogP contribution in [0, 0.1) is 13.8 Å². The summed E-state index contributed by atoms with van der Waals surface area (Å²) in [5.41, 5.74) is 3.09. The van der Waals surface area contributed by atoms with Crippen molar-refractivity contribution in [3.8, 4) is 0 Å². The molecule has 88 valence electrons. The molecule has 0 saturated carbocycles. The summed E-state index contributed by atoms with van der Waals surface area (Å²) in [6.45, 7) is 8.03. The van der Waals surface area contributed by atoms with E-state index in [1.54, 1.807) is 0 Å². The maximum Gasteiger partial charge on any atom is 0.319 e. The number of carbonyl (C=O) groups excluding carboxylic acids is 1. The predicted octanol–water partition coefficient (Wildman–Crippen LogP) is 3.22. The number of aryl methyl sites for hydroxylation is 2. The molecule has 2 amide bonds. The first-order chi connectivity index (χ1) is 7.52. The largest absolute Gasteiger partial charge is 0.335 e. The monoisotopic (exact) mass is 220 g/mol. The summed E-state index contributed by atoms with van der Waals surface area (Å²) < 4.78 is 0. The number of rotatable bonds is 3. The Balaban J connectivity index is 2.65. The van der Waals surface area contributed by atoms with Gasteiger partial charge in [-0.3, -0.25) is 0 Å². The average Bonchev–Trinajstić information content (AvgIpc) is 2.23. The number of benzene rings is 1. The minimum absolute atomic E-state index is 0.136. The van der Waals surface area contributed by atoms with Gasteiger partial charge in [-0.05, 0) is 44.4 Å². The molecule has 1 aromatic carbocycles. The molecule has 0 radical (unpaired) electrons. The topological polar surface area (TPSA) is 41.1 Å². The zero-order valence-electron chi connectivity index (χ0n) is 10.4. The Hall–Kier alpha value is -1.51. The molecule has 1 aromatic rings. The van der Waals surface area contributed by atoms with Crippen molar-refractivity contribution in [2.24, 2.45) is 0 Å². The lowest BCUT2D eigenvalue weighted by atomic mass is 10.1. The second-order valence-corrected chi connectivity index (χ2v) is 4.23. The van der Waals surface area contributed by atoms with Crippen molar-refractivity contribution in [2.75, 3.05) is 5.32 Å². The van der Waals surface area contributed by atoms with Crippen molar-refractivity contribution in [2.45, 2.75) is 40.2 Å². The van der Waals surface area contributed by atoms with Gasteiger partial charge in [0.15, 0.2) is 0 Å². The molecule has 3 nitrogen and oxygen atoms in total. The number of nitrogens with one attached hydrogen (secondary N) is 2. The first-order valence-electron chi connectivity index (χ1n) is 5.67. The minimum atomic E-state index is -0.136. The second-order valence-electron chi connectivity index (χ2n) is 4.23. The molecule has 0 fully saturated rings. The Bertz CT molecular complexity index is 374. The second kappa shape index (κ2) is 5.54. The number of urea groups is 1. The summed E-state index contributed by atoms with van der Waals surface area (Å²) in [4.78, 5) is 11.6. The molecule has 16 heavy (non-hydrogen) atoms. The third kappa shape index (κ3) is 3.57. The molecule has 2 N–H and O–H groups in total. The van der Waals surface area contributed by atoms with E-state index in [0.29, 0.717) is 0 Å². The maximum atomic E-state index is 11.6.